The summed E-state index contributed by atoms with van der Waals surface area (Å²) in [6, 6.07) is 4.56. The molecule has 0 bridgehead atoms. The Bertz CT molecular complexity index is 458. The maximum absolute atomic E-state index is 13.7. The lowest BCUT2D eigenvalue weighted by molar-refractivity contribution is -0.0257. The molecule has 1 aliphatic heterocycles. The first kappa shape index (κ1) is 14.4. The Kier molecular flexibility index (Phi) is 4.55. The zero-order valence-corrected chi connectivity index (χ0v) is 11.8. The molecule has 0 aromatic heterocycles. The molecule has 1 saturated heterocycles. The van der Waals surface area contributed by atoms with Crippen LogP contribution in [0.2, 0.25) is 5.02 Å². The molecule has 3 nitrogen and oxygen atoms in total. The van der Waals surface area contributed by atoms with Crippen molar-refractivity contribution in [3.8, 4) is 0 Å². The number of nitrogens with zero attached hydrogens (tertiary/aromatic N) is 1. The molecular weight excluding hydrogens is 269 g/mol. The third kappa shape index (κ3) is 3.14. The van der Waals surface area contributed by atoms with Gasteiger partial charge in [-0.05, 0) is 26.0 Å². The Morgan fingerprint density at radius 1 is 1.53 bits per heavy atom. The van der Waals surface area contributed by atoms with Crippen LogP contribution in [0.25, 0.3) is 0 Å². The van der Waals surface area contributed by atoms with Gasteiger partial charge in [-0.3, -0.25) is 9.69 Å². The fraction of sp³-hybridized carbons (Fsp3) is 0.500. The van der Waals surface area contributed by atoms with Crippen LogP contribution in [0.5, 0.6) is 0 Å². The Labute approximate surface area is 117 Å². The summed E-state index contributed by atoms with van der Waals surface area (Å²) in [5, 5.41) is 0.135. The number of ketones is 1. The van der Waals surface area contributed by atoms with Crippen molar-refractivity contribution in [2.24, 2.45) is 0 Å². The molecule has 1 heterocycles. The summed E-state index contributed by atoms with van der Waals surface area (Å²) in [5.41, 5.74) is -0.0697. The number of benzene rings is 1. The van der Waals surface area contributed by atoms with Crippen LogP contribution in [-0.2, 0) is 4.74 Å². The second-order valence-corrected chi connectivity index (χ2v) is 5.32. The van der Waals surface area contributed by atoms with E-state index in [1.807, 2.05) is 0 Å². The predicted octanol–water partition coefficient (Wildman–Crippen LogP) is 2.77. The standard InChI is InChI=1S/C14H17ClFNO2/c1-9(2)17-6-7-19-12(8-17)14(18)13-10(15)4-3-5-11(13)16/h3-5,9,12H,6-8H2,1-2H3. The number of halogens is 2. The van der Waals surface area contributed by atoms with Crippen molar-refractivity contribution >= 4 is 17.4 Å². The zero-order chi connectivity index (χ0) is 14.0. The largest absolute Gasteiger partial charge is 0.367 e. The van der Waals surface area contributed by atoms with Crippen molar-refractivity contribution in [3.63, 3.8) is 0 Å². The second kappa shape index (κ2) is 5.99. The number of carbonyl (C=O) groups excluding carboxylic acids is 1. The highest BCUT2D eigenvalue weighted by atomic mass is 35.5. The lowest BCUT2D eigenvalue weighted by Crippen LogP contribution is -2.48. The Hall–Kier alpha value is -0.970. The van der Waals surface area contributed by atoms with Crippen LogP contribution < -0.4 is 0 Å². The van der Waals surface area contributed by atoms with Gasteiger partial charge < -0.3 is 4.74 Å². The van der Waals surface area contributed by atoms with Crippen LogP contribution in [0.3, 0.4) is 0 Å². The van der Waals surface area contributed by atoms with Gasteiger partial charge in [-0.2, -0.15) is 0 Å². The lowest BCUT2D eigenvalue weighted by atomic mass is 10.0. The molecule has 0 aliphatic carbocycles. The number of carbonyl (C=O) groups is 1. The molecule has 1 unspecified atom stereocenters. The SMILES string of the molecule is CC(C)N1CCOC(C(=O)c2c(F)cccc2Cl)C1. The summed E-state index contributed by atoms with van der Waals surface area (Å²) in [7, 11) is 0. The normalized spacial score (nSPS) is 20.8. The highest BCUT2D eigenvalue weighted by Crippen LogP contribution is 2.23. The fourth-order valence-corrected chi connectivity index (χ4v) is 2.45. The summed E-state index contributed by atoms with van der Waals surface area (Å²) < 4.78 is 19.2. The molecule has 19 heavy (non-hydrogen) atoms. The molecule has 0 amide bonds. The maximum Gasteiger partial charge on any atom is 0.197 e. The van der Waals surface area contributed by atoms with E-state index < -0.39 is 11.9 Å². The number of hydrogen-bond acceptors (Lipinski definition) is 3. The third-order valence-electron chi connectivity index (χ3n) is 3.33. The van der Waals surface area contributed by atoms with Gasteiger partial charge >= 0.3 is 0 Å². The summed E-state index contributed by atoms with van der Waals surface area (Å²) in [6.45, 7) is 5.85. The minimum Gasteiger partial charge on any atom is -0.367 e. The van der Waals surface area contributed by atoms with Crippen LogP contribution in [0.15, 0.2) is 18.2 Å². The highest BCUT2D eigenvalue weighted by molar-refractivity contribution is 6.34. The monoisotopic (exact) mass is 285 g/mol. The summed E-state index contributed by atoms with van der Waals surface area (Å²) >= 11 is 5.91. The highest BCUT2D eigenvalue weighted by Gasteiger charge is 2.31. The van der Waals surface area contributed by atoms with Gasteiger partial charge in [-0.1, -0.05) is 17.7 Å². The van der Waals surface area contributed by atoms with Gasteiger partial charge in [0.1, 0.15) is 11.9 Å². The van der Waals surface area contributed by atoms with E-state index in [0.717, 1.165) is 6.54 Å². The lowest BCUT2D eigenvalue weighted by Gasteiger charge is -2.34. The minimum absolute atomic E-state index is 0.0697. The number of Topliss-reactive ketones (excluding diaryl/α,β-unsaturated/α-hetero) is 1. The summed E-state index contributed by atoms with van der Waals surface area (Å²) in [5.74, 6) is -0.976. The van der Waals surface area contributed by atoms with E-state index in [-0.39, 0.29) is 16.4 Å². The van der Waals surface area contributed by atoms with E-state index in [1.54, 1.807) is 0 Å². The molecule has 1 aromatic carbocycles. The van der Waals surface area contributed by atoms with Gasteiger partial charge in [-0.15, -0.1) is 0 Å². The summed E-state index contributed by atoms with van der Waals surface area (Å²) in [4.78, 5) is 14.5. The van der Waals surface area contributed by atoms with E-state index >= 15 is 0 Å². The van der Waals surface area contributed by atoms with Gasteiger partial charge in [-0.25, -0.2) is 4.39 Å². The van der Waals surface area contributed by atoms with E-state index in [4.69, 9.17) is 16.3 Å². The van der Waals surface area contributed by atoms with E-state index in [1.165, 1.54) is 18.2 Å². The van der Waals surface area contributed by atoms with Gasteiger partial charge in [0.2, 0.25) is 0 Å². The Morgan fingerprint density at radius 2 is 2.26 bits per heavy atom. The molecule has 0 spiro atoms. The van der Waals surface area contributed by atoms with Crippen molar-refractivity contribution in [2.45, 2.75) is 26.0 Å². The molecule has 0 N–H and O–H groups in total. The predicted molar refractivity (Wildman–Crippen MR) is 72.2 cm³/mol. The topological polar surface area (TPSA) is 29.5 Å². The molecule has 1 aliphatic rings. The second-order valence-electron chi connectivity index (χ2n) is 4.91. The van der Waals surface area contributed by atoms with Crippen molar-refractivity contribution in [1.29, 1.82) is 0 Å². The smallest absolute Gasteiger partial charge is 0.197 e. The minimum atomic E-state index is -0.648. The van der Waals surface area contributed by atoms with Crippen LogP contribution in [0, 0.1) is 5.82 Å². The van der Waals surface area contributed by atoms with Gasteiger partial charge in [0.15, 0.2) is 5.78 Å². The first-order valence-electron chi connectivity index (χ1n) is 6.34. The molecule has 1 fully saturated rings. The summed E-state index contributed by atoms with van der Waals surface area (Å²) in [6.07, 6.45) is -0.648. The molecule has 0 saturated carbocycles. The van der Waals surface area contributed by atoms with Gasteiger partial charge in [0, 0.05) is 19.1 Å². The number of rotatable bonds is 3. The molecule has 2 rings (SSSR count). The molecule has 1 atom stereocenters. The maximum atomic E-state index is 13.7. The van der Waals surface area contributed by atoms with Crippen molar-refractivity contribution in [1.82, 2.24) is 4.90 Å². The molecule has 0 radical (unpaired) electrons. The molecular formula is C14H17ClFNO2. The van der Waals surface area contributed by atoms with Crippen molar-refractivity contribution in [2.75, 3.05) is 19.7 Å². The van der Waals surface area contributed by atoms with Crippen LogP contribution in [0.4, 0.5) is 4.39 Å². The van der Waals surface area contributed by atoms with Gasteiger partial charge in [0.25, 0.3) is 0 Å². The van der Waals surface area contributed by atoms with E-state index in [9.17, 15) is 9.18 Å². The van der Waals surface area contributed by atoms with Crippen LogP contribution >= 0.6 is 11.6 Å². The number of hydrogen-bond donors (Lipinski definition) is 0. The average Bonchev–Trinajstić information content (AvgIpc) is 2.38. The molecule has 104 valence electrons. The Morgan fingerprint density at radius 3 is 2.89 bits per heavy atom. The van der Waals surface area contributed by atoms with Crippen LogP contribution in [-0.4, -0.2) is 42.5 Å². The van der Waals surface area contributed by atoms with Crippen molar-refractivity contribution < 1.29 is 13.9 Å². The fourth-order valence-electron chi connectivity index (χ4n) is 2.19. The van der Waals surface area contributed by atoms with E-state index in [0.29, 0.717) is 19.2 Å². The van der Waals surface area contributed by atoms with E-state index in [2.05, 4.69) is 18.7 Å². The van der Waals surface area contributed by atoms with Gasteiger partial charge in [0.05, 0.1) is 17.2 Å². The van der Waals surface area contributed by atoms with Crippen molar-refractivity contribution in [3.05, 3.63) is 34.6 Å². The average molecular weight is 286 g/mol. The zero-order valence-electron chi connectivity index (χ0n) is 11.0. The Balaban J connectivity index is 2.20. The van der Waals surface area contributed by atoms with Crippen LogP contribution in [0.1, 0.15) is 24.2 Å². The first-order valence-corrected chi connectivity index (χ1v) is 6.72. The molecule has 5 heteroatoms. The molecule has 1 aromatic rings. The first-order chi connectivity index (χ1) is 9.00. The quantitative estimate of drug-likeness (QED) is 0.800. The number of ether oxygens (including phenoxy) is 1. The third-order valence-corrected chi connectivity index (χ3v) is 3.64. The number of morpholine rings is 1.